The molecule has 2 rings (SSSR count). The van der Waals surface area contributed by atoms with Gasteiger partial charge in [0.1, 0.15) is 12.1 Å². The lowest BCUT2D eigenvalue weighted by Gasteiger charge is -2.42. The molecule has 1 saturated heterocycles. The molecule has 0 saturated carbocycles. The second kappa shape index (κ2) is 5.56. The second-order valence-corrected chi connectivity index (χ2v) is 7.38. The zero-order valence-electron chi connectivity index (χ0n) is 12.5. The van der Waals surface area contributed by atoms with Crippen LogP contribution < -0.4 is 5.32 Å². The summed E-state index contributed by atoms with van der Waals surface area (Å²) in [6, 6.07) is 3.24. The number of nitrogens with one attached hydrogen (secondary N) is 1. The molecular formula is C15H22N2O2S. The van der Waals surface area contributed by atoms with Gasteiger partial charge in [-0.1, -0.05) is 26.8 Å². The van der Waals surface area contributed by atoms with Crippen LogP contribution in [-0.4, -0.2) is 35.3 Å². The largest absolute Gasteiger partial charge is 0.342 e. The Labute approximate surface area is 124 Å². The summed E-state index contributed by atoms with van der Waals surface area (Å²) >= 11 is 1.68. The van der Waals surface area contributed by atoms with Crippen molar-refractivity contribution in [2.75, 3.05) is 6.54 Å². The highest BCUT2D eigenvalue weighted by Crippen LogP contribution is 2.25. The molecule has 1 N–H and O–H groups in total. The van der Waals surface area contributed by atoms with E-state index in [-0.39, 0.29) is 23.3 Å². The van der Waals surface area contributed by atoms with Crippen LogP contribution in [0.3, 0.4) is 0 Å². The Hall–Kier alpha value is -1.36. The van der Waals surface area contributed by atoms with E-state index < -0.39 is 6.04 Å². The van der Waals surface area contributed by atoms with Crippen molar-refractivity contribution in [3.63, 3.8) is 0 Å². The summed E-state index contributed by atoms with van der Waals surface area (Å²) in [6.07, 6.45) is 0.803. The van der Waals surface area contributed by atoms with Crippen molar-refractivity contribution >= 4 is 23.2 Å². The van der Waals surface area contributed by atoms with Crippen molar-refractivity contribution in [1.29, 1.82) is 0 Å². The van der Waals surface area contributed by atoms with Crippen LogP contribution in [0.4, 0.5) is 0 Å². The normalized spacial score (nSPS) is 23.9. The maximum atomic E-state index is 12.6. The molecular weight excluding hydrogens is 272 g/mol. The van der Waals surface area contributed by atoms with Gasteiger partial charge in [-0.3, -0.25) is 9.59 Å². The third-order valence-electron chi connectivity index (χ3n) is 3.71. The van der Waals surface area contributed by atoms with Gasteiger partial charge in [0.25, 0.3) is 0 Å². The zero-order chi connectivity index (χ0) is 14.9. The molecule has 1 aromatic heterocycles. The van der Waals surface area contributed by atoms with Crippen LogP contribution in [0.15, 0.2) is 17.5 Å². The topological polar surface area (TPSA) is 49.4 Å². The number of carbonyl (C=O) groups excluding carboxylic acids is 2. The van der Waals surface area contributed by atoms with Gasteiger partial charge in [0, 0.05) is 11.4 Å². The first-order valence-corrected chi connectivity index (χ1v) is 7.82. The molecule has 0 aromatic carbocycles. The van der Waals surface area contributed by atoms with Crippen LogP contribution in [0.2, 0.25) is 0 Å². The van der Waals surface area contributed by atoms with E-state index in [0.717, 1.165) is 6.42 Å². The lowest BCUT2D eigenvalue weighted by molar-refractivity contribution is -0.151. The molecule has 110 valence electrons. The molecule has 1 aromatic rings. The van der Waals surface area contributed by atoms with Gasteiger partial charge in [-0.05, 0) is 30.2 Å². The Morgan fingerprint density at radius 3 is 2.60 bits per heavy atom. The van der Waals surface area contributed by atoms with E-state index in [1.807, 2.05) is 32.2 Å². The summed E-state index contributed by atoms with van der Waals surface area (Å²) in [4.78, 5) is 27.6. The number of carbonyl (C=O) groups is 2. The molecule has 0 radical (unpaired) electrons. The van der Waals surface area contributed by atoms with E-state index in [0.29, 0.717) is 6.54 Å². The summed E-state index contributed by atoms with van der Waals surface area (Å²) in [5.74, 6) is -0.0307. The molecule has 0 aliphatic carbocycles. The molecule has 4 nitrogen and oxygen atoms in total. The van der Waals surface area contributed by atoms with E-state index in [4.69, 9.17) is 0 Å². The number of nitrogens with zero attached hydrogens (tertiary/aromatic N) is 1. The van der Waals surface area contributed by atoms with Crippen LogP contribution in [0, 0.1) is 5.41 Å². The van der Waals surface area contributed by atoms with Gasteiger partial charge in [-0.2, -0.15) is 0 Å². The molecule has 2 heterocycles. The van der Waals surface area contributed by atoms with Gasteiger partial charge in [0.05, 0.1) is 0 Å². The summed E-state index contributed by atoms with van der Waals surface area (Å²) in [5, 5.41) is 4.88. The Kier molecular flexibility index (Phi) is 4.18. The number of hydrogen-bond acceptors (Lipinski definition) is 3. The van der Waals surface area contributed by atoms with Crippen LogP contribution in [-0.2, 0) is 16.0 Å². The lowest BCUT2D eigenvalue weighted by Crippen LogP contribution is -2.66. The third-order valence-corrected chi connectivity index (χ3v) is 4.64. The molecule has 1 aliphatic heterocycles. The molecule has 1 fully saturated rings. The SMILES string of the molecule is CC1C(=O)NC(C(C)(C)C)C(=O)N1CCc1cccs1. The van der Waals surface area contributed by atoms with Crippen molar-refractivity contribution in [2.24, 2.45) is 5.41 Å². The van der Waals surface area contributed by atoms with E-state index >= 15 is 0 Å². The molecule has 0 spiro atoms. The fourth-order valence-electron chi connectivity index (χ4n) is 2.40. The zero-order valence-corrected chi connectivity index (χ0v) is 13.3. The maximum absolute atomic E-state index is 12.6. The van der Waals surface area contributed by atoms with Gasteiger partial charge >= 0.3 is 0 Å². The Morgan fingerprint density at radius 2 is 2.05 bits per heavy atom. The smallest absolute Gasteiger partial charge is 0.246 e. The number of hydrogen-bond donors (Lipinski definition) is 1. The first-order valence-electron chi connectivity index (χ1n) is 6.94. The minimum Gasteiger partial charge on any atom is -0.342 e. The van der Waals surface area contributed by atoms with Gasteiger partial charge in [0.2, 0.25) is 11.8 Å². The average Bonchev–Trinajstić information content (AvgIpc) is 2.85. The summed E-state index contributed by atoms with van der Waals surface area (Å²) in [6.45, 7) is 8.32. The molecule has 2 atom stereocenters. The number of amides is 2. The van der Waals surface area contributed by atoms with Crippen molar-refractivity contribution in [2.45, 2.75) is 46.2 Å². The quantitative estimate of drug-likeness (QED) is 0.927. The number of rotatable bonds is 3. The minimum atomic E-state index is -0.436. The predicted molar refractivity (Wildman–Crippen MR) is 80.6 cm³/mol. The van der Waals surface area contributed by atoms with Gasteiger partial charge < -0.3 is 10.2 Å². The number of piperazine rings is 1. The first kappa shape index (κ1) is 15.0. The van der Waals surface area contributed by atoms with Crippen LogP contribution in [0.5, 0.6) is 0 Å². The summed E-state index contributed by atoms with van der Waals surface area (Å²) in [5.41, 5.74) is -0.270. The van der Waals surface area contributed by atoms with E-state index in [2.05, 4.69) is 11.4 Å². The van der Waals surface area contributed by atoms with E-state index in [1.54, 1.807) is 23.2 Å². The van der Waals surface area contributed by atoms with Crippen LogP contribution in [0.25, 0.3) is 0 Å². The molecule has 1 aliphatic rings. The molecule has 2 amide bonds. The van der Waals surface area contributed by atoms with Crippen LogP contribution in [0.1, 0.15) is 32.6 Å². The van der Waals surface area contributed by atoms with Crippen molar-refractivity contribution in [1.82, 2.24) is 10.2 Å². The Bertz CT molecular complexity index is 490. The standard InChI is InChI=1S/C15H22N2O2S/c1-10-13(18)16-12(15(2,3)4)14(19)17(10)8-7-11-6-5-9-20-11/h5-6,9-10,12H,7-8H2,1-4H3,(H,16,18). The number of thiophene rings is 1. The fourth-order valence-corrected chi connectivity index (χ4v) is 3.10. The van der Waals surface area contributed by atoms with Crippen LogP contribution >= 0.6 is 11.3 Å². The maximum Gasteiger partial charge on any atom is 0.246 e. The Morgan fingerprint density at radius 1 is 1.35 bits per heavy atom. The van der Waals surface area contributed by atoms with Crippen molar-refractivity contribution in [3.8, 4) is 0 Å². The van der Waals surface area contributed by atoms with Gasteiger partial charge in [0.15, 0.2) is 0 Å². The average molecular weight is 294 g/mol. The van der Waals surface area contributed by atoms with Gasteiger partial charge in [-0.25, -0.2) is 0 Å². The summed E-state index contributed by atoms with van der Waals surface area (Å²) < 4.78 is 0. The monoisotopic (exact) mass is 294 g/mol. The Balaban J connectivity index is 2.12. The lowest BCUT2D eigenvalue weighted by atomic mass is 9.84. The second-order valence-electron chi connectivity index (χ2n) is 6.34. The minimum absolute atomic E-state index is 0.0288. The first-order chi connectivity index (χ1) is 9.30. The third kappa shape index (κ3) is 3.03. The molecule has 20 heavy (non-hydrogen) atoms. The highest BCUT2D eigenvalue weighted by molar-refractivity contribution is 7.09. The highest BCUT2D eigenvalue weighted by Gasteiger charge is 2.43. The van der Waals surface area contributed by atoms with E-state index in [9.17, 15) is 9.59 Å². The summed E-state index contributed by atoms with van der Waals surface area (Å²) in [7, 11) is 0. The molecule has 5 heteroatoms. The predicted octanol–water partition coefficient (Wildman–Crippen LogP) is 2.05. The fraction of sp³-hybridized carbons (Fsp3) is 0.600. The van der Waals surface area contributed by atoms with Crippen molar-refractivity contribution < 1.29 is 9.59 Å². The molecule has 0 bridgehead atoms. The van der Waals surface area contributed by atoms with E-state index in [1.165, 1.54) is 4.88 Å². The van der Waals surface area contributed by atoms with Crippen molar-refractivity contribution in [3.05, 3.63) is 22.4 Å². The van der Waals surface area contributed by atoms with Gasteiger partial charge in [-0.15, -0.1) is 11.3 Å². The highest BCUT2D eigenvalue weighted by atomic mass is 32.1. The molecule has 2 unspecified atom stereocenters.